The van der Waals surface area contributed by atoms with Gasteiger partial charge in [-0.05, 0) is 32.9 Å². The van der Waals surface area contributed by atoms with Crippen molar-refractivity contribution in [1.82, 2.24) is 34.8 Å². The number of likely N-dealkylation sites (N-methyl/N-ethyl adjacent to an activating group) is 1. The monoisotopic (exact) mass is 431 g/mol. The van der Waals surface area contributed by atoms with Crippen LogP contribution in [0.15, 0.2) is 36.9 Å². The minimum absolute atomic E-state index is 0.0945. The average molecular weight is 431 g/mol. The molecule has 0 aliphatic carbocycles. The Morgan fingerprint density at radius 3 is 2.52 bits per heavy atom. The number of aryl methyl sites for hydroxylation is 1. The second kappa shape index (κ2) is 9.11. The molecule has 0 saturated heterocycles. The van der Waals surface area contributed by atoms with Crippen LogP contribution in [0.4, 0.5) is 8.78 Å². The van der Waals surface area contributed by atoms with Crippen LogP contribution in [0.1, 0.15) is 42.6 Å². The quantitative estimate of drug-likeness (QED) is 0.541. The number of carbonyl (C=O) groups is 1. The maximum atomic E-state index is 13.3. The highest BCUT2D eigenvalue weighted by molar-refractivity contribution is 5.96. The number of aromatic nitrogens is 6. The van der Waals surface area contributed by atoms with E-state index in [-0.39, 0.29) is 30.1 Å². The number of amides is 1. The molecule has 1 amide bonds. The van der Waals surface area contributed by atoms with Crippen molar-refractivity contribution in [3.05, 3.63) is 54.0 Å². The summed E-state index contributed by atoms with van der Waals surface area (Å²) in [6.45, 7) is 6.69. The van der Waals surface area contributed by atoms with Gasteiger partial charge < -0.3 is 9.64 Å². The summed E-state index contributed by atoms with van der Waals surface area (Å²) in [5.41, 5.74) is 0.930. The molecule has 0 aliphatic heterocycles. The molecule has 3 rings (SSSR count). The fraction of sp³-hybridized carbons (Fsp3) is 0.400. The van der Waals surface area contributed by atoms with Crippen molar-refractivity contribution in [2.75, 3.05) is 13.2 Å². The minimum Gasteiger partial charge on any atom is -0.474 e. The van der Waals surface area contributed by atoms with E-state index in [0.717, 1.165) is 19.3 Å². The van der Waals surface area contributed by atoms with Crippen molar-refractivity contribution in [2.45, 2.75) is 39.7 Å². The molecular weight excluding hydrogens is 408 g/mol. The lowest BCUT2D eigenvalue weighted by Crippen LogP contribution is -2.42. The Bertz CT molecular complexity index is 1020. The lowest BCUT2D eigenvalue weighted by molar-refractivity contribution is 0.0121. The molecular formula is C20H23F2N7O2. The largest absolute Gasteiger partial charge is 0.474 e. The summed E-state index contributed by atoms with van der Waals surface area (Å²) in [7, 11) is 0. The predicted octanol–water partition coefficient (Wildman–Crippen LogP) is 2.80. The van der Waals surface area contributed by atoms with Gasteiger partial charge in [-0.25, -0.2) is 15.0 Å². The van der Waals surface area contributed by atoms with E-state index in [1.54, 1.807) is 24.0 Å². The Hall–Kier alpha value is -3.50. The smallest absolute Gasteiger partial charge is 0.288 e. The molecule has 0 aliphatic rings. The highest BCUT2D eigenvalue weighted by Gasteiger charge is 2.27. The summed E-state index contributed by atoms with van der Waals surface area (Å²) in [6.07, 6.45) is 5.15. The van der Waals surface area contributed by atoms with Gasteiger partial charge in [0.25, 0.3) is 11.8 Å². The summed E-state index contributed by atoms with van der Waals surface area (Å²) in [5.74, 6) is -3.29. The third-order valence-electron chi connectivity index (χ3n) is 4.53. The van der Waals surface area contributed by atoms with E-state index in [0.29, 0.717) is 17.9 Å². The van der Waals surface area contributed by atoms with Crippen LogP contribution in [-0.2, 0) is 5.92 Å². The molecule has 0 saturated carbocycles. The number of carbonyl (C=O) groups excluding carboxylic acids is 1. The zero-order chi connectivity index (χ0) is 22.6. The molecule has 3 aromatic rings. The highest BCUT2D eigenvalue weighted by atomic mass is 19.3. The maximum absolute atomic E-state index is 13.3. The van der Waals surface area contributed by atoms with Gasteiger partial charge in [-0.3, -0.25) is 4.79 Å². The number of pyridine rings is 1. The summed E-state index contributed by atoms with van der Waals surface area (Å²) in [6, 6.07) is 3.17. The fourth-order valence-electron chi connectivity index (χ4n) is 2.91. The number of hydrogen-bond acceptors (Lipinski definition) is 7. The molecule has 0 N–H and O–H groups in total. The second-order valence-corrected chi connectivity index (χ2v) is 7.02. The molecule has 11 heteroatoms. The fourth-order valence-corrected chi connectivity index (χ4v) is 2.91. The van der Waals surface area contributed by atoms with Crippen LogP contribution in [-0.4, -0.2) is 59.9 Å². The molecule has 0 spiro atoms. The normalized spacial score (nSPS) is 12.5. The predicted molar refractivity (Wildman–Crippen MR) is 107 cm³/mol. The van der Waals surface area contributed by atoms with E-state index in [2.05, 4.69) is 25.1 Å². The number of nitrogens with zero attached hydrogens (tertiary/aromatic N) is 7. The third kappa shape index (κ3) is 5.16. The summed E-state index contributed by atoms with van der Waals surface area (Å²) >= 11 is 0. The van der Waals surface area contributed by atoms with Crippen molar-refractivity contribution in [1.29, 1.82) is 0 Å². The van der Waals surface area contributed by atoms with Crippen LogP contribution in [0, 0.1) is 6.92 Å². The molecule has 0 radical (unpaired) electrons. The topological polar surface area (TPSA) is 98.9 Å². The zero-order valence-corrected chi connectivity index (χ0v) is 17.7. The van der Waals surface area contributed by atoms with Crippen LogP contribution in [0.5, 0.6) is 5.88 Å². The zero-order valence-electron chi connectivity index (χ0n) is 17.7. The molecule has 31 heavy (non-hydrogen) atoms. The summed E-state index contributed by atoms with van der Waals surface area (Å²) < 4.78 is 32.1. The van der Waals surface area contributed by atoms with Crippen molar-refractivity contribution in [3.63, 3.8) is 0 Å². The molecule has 1 atom stereocenters. The second-order valence-electron chi connectivity index (χ2n) is 7.02. The van der Waals surface area contributed by atoms with Crippen molar-refractivity contribution in [2.24, 2.45) is 0 Å². The van der Waals surface area contributed by atoms with E-state index in [1.807, 2.05) is 13.8 Å². The first-order valence-corrected chi connectivity index (χ1v) is 9.69. The van der Waals surface area contributed by atoms with Crippen LogP contribution < -0.4 is 4.74 Å². The van der Waals surface area contributed by atoms with Gasteiger partial charge in [-0.1, -0.05) is 0 Å². The van der Waals surface area contributed by atoms with Crippen LogP contribution in [0.3, 0.4) is 0 Å². The average Bonchev–Trinajstić information content (AvgIpc) is 3.27. The van der Waals surface area contributed by atoms with E-state index in [9.17, 15) is 13.6 Å². The van der Waals surface area contributed by atoms with E-state index >= 15 is 0 Å². The Balaban J connectivity index is 1.74. The molecule has 3 aromatic heterocycles. The van der Waals surface area contributed by atoms with Crippen LogP contribution >= 0.6 is 0 Å². The van der Waals surface area contributed by atoms with E-state index in [4.69, 9.17) is 4.74 Å². The first-order valence-electron chi connectivity index (χ1n) is 9.69. The molecule has 0 bridgehead atoms. The molecule has 3 heterocycles. The van der Waals surface area contributed by atoms with E-state index < -0.39 is 11.6 Å². The van der Waals surface area contributed by atoms with Crippen molar-refractivity contribution in [3.8, 4) is 11.6 Å². The van der Waals surface area contributed by atoms with Crippen LogP contribution in [0.25, 0.3) is 5.69 Å². The third-order valence-corrected chi connectivity index (χ3v) is 4.53. The Morgan fingerprint density at radius 1 is 1.23 bits per heavy atom. The van der Waals surface area contributed by atoms with Gasteiger partial charge in [0, 0.05) is 19.2 Å². The van der Waals surface area contributed by atoms with E-state index in [1.165, 1.54) is 17.2 Å². The van der Waals surface area contributed by atoms with Crippen molar-refractivity contribution >= 4 is 5.91 Å². The number of rotatable bonds is 8. The number of hydrogen-bond donors (Lipinski definition) is 0. The van der Waals surface area contributed by atoms with Gasteiger partial charge in [0.2, 0.25) is 5.88 Å². The van der Waals surface area contributed by atoms with Gasteiger partial charge in [0.15, 0.2) is 5.69 Å². The standard InChI is InChI=1S/C20H23F2N7O2/c1-5-28(14(3)12-31-17-11-23-16(10-24-17)20(4,21)22)19(30)18-15(7-6-13(2)27-18)29-25-8-9-26-29/h6-11,14H,5,12H2,1-4H3/t14-/m0/s1. The Morgan fingerprint density at radius 2 is 1.94 bits per heavy atom. The number of halogens is 2. The lowest BCUT2D eigenvalue weighted by atomic mass is 10.2. The summed E-state index contributed by atoms with van der Waals surface area (Å²) in [5, 5.41) is 8.18. The Labute approximate surface area is 178 Å². The molecule has 9 nitrogen and oxygen atoms in total. The van der Waals surface area contributed by atoms with Crippen LogP contribution in [0.2, 0.25) is 0 Å². The molecule has 0 fully saturated rings. The summed E-state index contributed by atoms with van der Waals surface area (Å²) in [4.78, 5) is 28.2. The van der Waals surface area contributed by atoms with Gasteiger partial charge >= 0.3 is 0 Å². The SMILES string of the molecule is CCN(C(=O)c1nc(C)ccc1-n1nccn1)[C@@H](C)COc1cnc(C(C)(F)F)cn1. The maximum Gasteiger partial charge on any atom is 0.288 e. The highest BCUT2D eigenvalue weighted by Crippen LogP contribution is 2.24. The lowest BCUT2D eigenvalue weighted by Gasteiger charge is -2.28. The van der Waals surface area contributed by atoms with Gasteiger partial charge in [-0.15, -0.1) is 4.80 Å². The first kappa shape index (κ1) is 22.2. The molecule has 164 valence electrons. The minimum atomic E-state index is -3.08. The number of ether oxygens (including phenoxy) is 1. The van der Waals surface area contributed by atoms with Gasteiger partial charge in [-0.2, -0.15) is 19.0 Å². The van der Waals surface area contributed by atoms with Gasteiger partial charge in [0.1, 0.15) is 18.0 Å². The number of alkyl halides is 2. The molecule has 0 unspecified atom stereocenters. The van der Waals surface area contributed by atoms with Crippen molar-refractivity contribution < 1.29 is 18.3 Å². The first-order chi connectivity index (χ1) is 14.7. The molecule has 0 aromatic carbocycles. The van der Waals surface area contributed by atoms with Gasteiger partial charge in [0.05, 0.1) is 30.8 Å². The Kier molecular flexibility index (Phi) is 6.52.